The maximum atomic E-state index is 11.9. The predicted octanol–water partition coefficient (Wildman–Crippen LogP) is 1.77. The van der Waals surface area contributed by atoms with E-state index in [-0.39, 0.29) is 5.84 Å². The predicted molar refractivity (Wildman–Crippen MR) is 73.3 cm³/mol. The summed E-state index contributed by atoms with van der Waals surface area (Å²) in [7, 11) is 0. The zero-order valence-electron chi connectivity index (χ0n) is 10.1. The van der Waals surface area contributed by atoms with Gasteiger partial charge in [-0.2, -0.15) is 0 Å². The third-order valence-corrected chi connectivity index (χ3v) is 2.56. The van der Waals surface area contributed by atoms with Crippen LogP contribution in [0.1, 0.15) is 15.9 Å². The van der Waals surface area contributed by atoms with Crippen LogP contribution < -0.4 is 16.2 Å². The van der Waals surface area contributed by atoms with Crippen molar-refractivity contribution in [3.05, 3.63) is 59.7 Å². The highest BCUT2D eigenvalue weighted by atomic mass is 16.5. The second-order valence-electron chi connectivity index (χ2n) is 3.91. The first-order valence-corrected chi connectivity index (χ1v) is 5.59. The maximum absolute atomic E-state index is 11.9. The lowest BCUT2D eigenvalue weighted by Crippen LogP contribution is -2.12. The van der Waals surface area contributed by atoms with E-state index in [4.69, 9.17) is 21.6 Å². The minimum absolute atomic E-state index is 0.0369. The number of carbonyl (C=O) groups is 1. The molecule has 2 aromatic rings. The summed E-state index contributed by atoms with van der Waals surface area (Å²) in [5, 5.41) is 7.26. The van der Waals surface area contributed by atoms with E-state index in [1.165, 1.54) is 0 Å². The molecule has 0 bridgehead atoms. The summed E-state index contributed by atoms with van der Waals surface area (Å²) in [6, 6.07) is 13.1. The lowest BCUT2D eigenvalue weighted by Gasteiger charge is -2.06. The number of hydrogen-bond acceptors (Lipinski definition) is 4. The number of carbonyl (C=O) groups excluding carboxylic acids is 1. The molecule has 0 saturated heterocycles. The molecule has 0 saturated carbocycles. The Balaban J connectivity index is 2.15. The number of anilines is 1. The first-order valence-electron chi connectivity index (χ1n) is 5.59. The first kappa shape index (κ1) is 12.6. The fourth-order valence-corrected chi connectivity index (χ4v) is 1.55. The Kier molecular flexibility index (Phi) is 3.47. The van der Waals surface area contributed by atoms with Crippen molar-refractivity contribution in [2.24, 2.45) is 5.73 Å². The minimum atomic E-state index is -0.520. The second kappa shape index (κ2) is 5.22. The third kappa shape index (κ3) is 2.90. The number of nitrogens with two attached hydrogens (primary N) is 2. The molecule has 0 aliphatic heterocycles. The van der Waals surface area contributed by atoms with Crippen LogP contribution in [0.3, 0.4) is 0 Å². The molecule has 5 N–H and O–H groups in total. The van der Waals surface area contributed by atoms with Gasteiger partial charge in [0.25, 0.3) is 0 Å². The van der Waals surface area contributed by atoms with Gasteiger partial charge in [-0.3, -0.25) is 5.41 Å². The summed E-state index contributed by atoms with van der Waals surface area (Å²) in [6.07, 6.45) is 0. The van der Waals surface area contributed by atoms with Crippen molar-refractivity contribution in [1.82, 2.24) is 0 Å². The normalized spacial score (nSPS) is 9.89. The van der Waals surface area contributed by atoms with Gasteiger partial charge in [-0.1, -0.05) is 12.1 Å². The van der Waals surface area contributed by atoms with E-state index in [1.54, 1.807) is 48.5 Å². The van der Waals surface area contributed by atoms with E-state index in [2.05, 4.69) is 0 Å². The van der Waals surface area contributed by atoms with Gasteiger partial charge < -0.3 is 16.2 Å². The zero-order valence-corrected chi connectivity index (χ0v) is 10.1. The summed E-state index contributed by atoms with van der Waals surface area (Å²) in [5.41, 5.74) is 12.3. The van der Waals surface area contributed by atoms with Gasteiger partial charge in [-0.15, -0.1) is 0 Å². The molecule has 5 nitrogen and oxygen atoms in total. The van der Waals surface area contributed by atoms with Crippen molar-refractivity contribution >= 4 is 17.5 Å². The lowest BCUT2D eigenvalue weighted by atomic mass is 10.2. The Labute approximate surface area is 110 Å². The van der Waals surface area contributed by atoms with Gasteiger partial charge in [-0.25, -0.2) is 4.79 Å². The number of amidine groups is 1. The van der Waals surface area contributed by atoms with Gasteiger partial charge in [-0.05, 0) is 36.4 Å². The Morgan fingerprint density at radius 2 is 1.68 bits per heavy atom. The number of ether oxygens (including phenoxy) is 1. The molecular formula is C14H13N3O2. The Hall–Kier alpha value is -2.82. The van der Waals surface area contributed by atoms with E-state index in [9.17, 15) is 4.79 Å². The molecule has 0 spiro atoms. The van der Waals surface area contributed by atoms with Gasteiger partial charge in [0.2, 0.25) is 0 Å². The molecule has 96 valence electrons. The molecule has 0 aliphatic rings. The highest BCUT2D eigenvalue weighted by molar-refractivity contribution is 5.97. The van der Waals surface area contributed by atoms with Crippen molar-refractivity contribution in [2.45, 2.75) is 0 Å². The molecule has 2 rings (SSSR count). The number of para-hydroxylation sites is 1. The van der Waals surface area contributed by atoms with E-state index in [0.717, 1.165) is 0 Å². The largest absolute Gasteiger partial charge is 0.423 e. The summed E-state index contributed by atoms with van der Waals surface area (Å²) in [4.78, 5) is 11.9. The van der Waals surface area contributed by atoms with Crippen molar-refractivity contribution < 1.29 is 9.53 Å². The molecule has 0 fully saturated rings. The van der Waals surface area contributed by atoms with Crippen LogP contribution in [0.15, 0.2) is 48.5 Å². The summed E-state index contributed by atoms with van der Waals surface area (Å²) in [6.45, 7) is 0. The molecule has 0 unspecified atom stereocenters. The molecule has 0 aromatic heterocycles. The van der Waals surface area contributed by atoms with Gasteiger partial charge in [0.15, 0.2) is 0 Å². The van der Waals surface area contributed by atoms with Crippen LogP contribution in [-0.4, -0.2) is 11.8 Å². The average Bonchev–Trinajstić information content (AvgIpc) is 2.39. The summed E-state index contributed by atoms with van der Waals surface area (Å²) < 4.78 is 5.19. The van der Waals surface area contributed by atoms with Gasteiger partial charge >= 0.3 is 5.97 Å². The molecule has 0 heterocycles. The van der Waals surface area contributed by atoms with Gasteiger partial charge in [0, 0.05) is 11.3 Å². The molecule has 19 heavy (non-hydrogen) atoms. The Morgan fingerprint density at radius 3 is 2.26 bits per heavy atom. The van der Waals surface area contributed by atoms with Crippen LogP contribution >= 0.6 is 0 Å². The number of benzene rings is 2. The zero-order chi connectivity index (χ0) is 13.8. The molecule has 0 radical (unpaired) electrons. The summed E-state index contributed by atoms with van der Waals surface area (Å²) >= 11 is 0. The smallest absolute Gasteiger partial charge is 0.345 e. The number of nitrogens with one attached hydrogen (secondary N) is 1. The highest BCUT2D eigenvalue weighted by Gasteiger charge is 2.11. The fourth-order valence-electron chi connectivity index (χ4n) is 1.55. The molecule has 0 aliphatic carbocycles. The number of hydrogen-bond donors (Lipinski definition) is 3. The quantitative estimate of drug-likeness (QED) is 0.256. The van der Waals surface area contributed by atoms with Crippen molar-refractivity contribution in [3.63, 3.8) is 0 Å². The highest BCUT2D eigenvalue weighted by Crippen LogP contribution is 2.17. The molecular weight excluding hydrogens is 242 g/mol. The van der Waals surface area contributed by atoms with Crippen molar-refractivity contribution in [3.8, 4) is 5.75 Å². The fraction of sp³-hybridized carbons (Fsp3) is 0. The number of rotatable bonds is 3. The number of esters is 1. The van der Waals surface area contributed by atoms with Crippen LogP contribution in [-0.2, 0) is 0 Å². The molecule has 0 amide bonds. The lowest BCUT2D eigenvalue weighted by molar-refractivity contribution is 0.0736. The van der Waals surface area contributed by atoms with E-state index in [1.807, 2.05) is 0 Å². The van der Waals surface area contributed by atoms with Crippen molar-refractivity contribution in [2.75, 3.05) is 5.73 Å². The van der Waals surface area contributed by atoms with E-state index in [0.29, 0.717) is 22.6 Å². The Bertz CT molecular complexity index is 621. The topological polar surface area (TPSA) is 102 Å². The van der Waals surface area contributed by atoms with Crippen LogP contribution in [0.2, 0.25) is 0 Å². The maximum Gasteiger partial charge on any atom is 0.345 e. The van der Waals surface area contributed by atoms with Crippen molar-refractivity contribution in [1.29, 1.82) is 5.41 Å². The van der Waals surface area contributed by atoms with Gasteiger partial charge in [0.05, 0.1) is 5.56 Å². The Morgan fingerprint density at radius 1 is 1.05 bits per heavy atom. The minimum Gasteiger partial charge on any atom is -0.423 e. The van der Waals surface area contributed by atoms with E-state index < -0.39 is 5.97 Å². The monoisotopic (exact) mass is 255 g/mol. The first-order chi connectivity index (χ1) is 9.08. The second-order valence-corrected chi connectivity index (χ2v) is 3.91. The van der Waals surface area contributed by atoms with Crippen LogP contribution in [0, 0.1) is 5.41 Å². The molecule has 0 atom stereocenters. The molecule has 5 heteroatoms. The summed E-state index contributed by atoms with van der Waals surface area (Å²) in [5.74, 6) is -0.183. The van der Waals surface area contributed by atoms with E-state index >= 15 is 0 Å². The third-order valence-electron chi connectivity index (χ3n) is 2.56. The van der Waals surface area contributed by atoms with Crippen LogP contribution in [0.5, 0.6) is 5.75 Å². The van der Waals surface area contributed by atoms with Gasteiger partial charge in [0.1, 0.15) is 11.6 Å². The van der Waals surface area contributed by atoms with Crippen LogP contribution in [0.4, 0.5) is 5.69 Å². The SMILES string of the molecule is N=C(N)c1ccc(OC(=O)c2ccccc2N)cc1. The van der Waals surface area contributed by atoms with Crippen LogP contribution in [0.25, 0.3) is 0 Å². The molecule has 2 aromatic carbocycles. The standard InChI is InChI=1S/C14H13N3O2/c15-12-4-2-1-3-11(12)14(18)19-10-7-5-9(6-8-10)13(16)17/h1-8H,15H2,(H3,16,17). The number of nitrogen functional groups attached to an aromatic ring is 2. The average molecular weight is 255 g/mol.